The summed E-state index contributed by atoms with van der Waals surface area (Å²) in [6.07, 6.45) is 0.112. The van der Waals surface area contributed by atoms with Crippen molar-refractivity contribution in [1.29, 1.82) is 0 Å². The fourth-order valence-corrected chi connectivity index (χ4v) is 2.57. The lowest BCUT2D eigenvalue weighted by Gasteiger charge is -2.16. The van der Waals surface area contributed by atoms with E-state index in [0.29, 0.717) is 10.6 Å². The molecular weight excluding hydrogens is 352 g/mol. The zero-order valence-electron chi connectivity index (χ0n) is 15.1. The first kappa shape index (κ1) is 19.8. The Hall–Kier alpha value is -2.53. The van der Waals surface area contributed by atoms with Crippen molar-refractivity contribution in [1.82, 2.24) is 10.6 Å². The molecule has 0 spiro atoms. The van der Waals surface area contributed by atoms with Crippen LogP contribution in [0.15, 0.2) is 48.5 Å². The largest absolute Gasteiger partial charge is 0.491 e. The highest BCUT2D eigenvalue weighted by Gasteiger charge is 2.12. The molecule has 2 rings (SSSR count). The van der Waals surface area contributed by atoms with E-state index in [1.54, 1.807) is 24.3 Å². The van der Waals surface area contributed by atoms with E-state index in [-0.39, 0.29) is 30.5 Å². The van der Waals surface area contributed by atoms with Gasteiger partial charge in [0.25, 0.3) is 5.91 Å². The molecule has 0 radical (unpaired) electrons. The number of nitrogens with one attached hydrogen (secondary N) is 2. The fourth-order valence-electron chi connectivity index (χ4n) is 2.38. The molecule has 0 aliphatic rings. The minimum atomic E-state index is -0.342. The van der Waals surface area contributed by atoms with Crippen molar-refractivity contribution in [3.8, 4) is 5.75 Å². The van der Waals surface area contributed by atoms with Gasteiger partial charge in [0.15, 0.2) is 0 Å². The van der Waals surface area contributed by atoms with Crippen molar-refractivity contribution in [2.45, 2.75) is 32.9 Å². The Bertz CT molecular complexity index is 760. The van der Waals surface area contributed by atoms with Crippen molar-refractivity contribution < 1.29 is 14.3 Å². The van der Waals surface area contributed by atoms with Crippen LogP contribution >= 0.6 is 11.6 Å². The molecule has 0 bridgehead atoms. The summed E-state index contributed by atoms with van der Waals surface area (Å²) in [6, 6.07) is 14.0. The van der Waals surface area contributed by atoms with E-state index < -0.39 is 0 Å². The van der Waals surface area contributed by atoms with E-state index in [2.05, 4.69) is 10.6 Å². The second kappa shape index (κ2) is 9.25. The third-order valence-electron chi connectivity index (χ3n) is 3.63. The van der Waals surface area contributed by atoms with Crippen LogP contribution in [0.25, 0.3) is 0 Å². The van der Waals surface area contributed by atoms with Crippen LogP contribution in [0.1, 0.15) is 42.7 Å². The first-order chi connectivity index (χ1) is 12.3. The van der Waals surface area contributed by atoms with Gasteiger partial charge in [0.1, 0.15) is 5.75 Å². The van der Waals surface area contributed by atoms with Gasteiger partial charge in [-0.3, -0.25) is 9.59 Å². The van der Waals surface area contributed by atoms with E-state index in [9.17, 15) is 9.59 Å². The standard InChI is InChI=1S/C20H23ClN2O3/c1-13(2)26-18-9-7-15(8-10-18)14(3)23-19(24)12-22-20(25)16-5-4-6-17(21)11-16/h4-11,13-14H,12H2,1-3H3,(H,22,25)(H,23,24). The average molecular weight is 375 g/mol. The number of rotatable bonds is 7. The van der Waals surface area contributed by atoms with Crippen molar-refractivity contribution in [3.63, 3.8) is 0 Å². The summed E-state index contributed by atoms with van der Waals surface area (Å²) in [6.45, 7) is 5.71. The lowest BCUT2D eigenvalue weighted by Crippen LogP contribution is -2.38. The van der Waals surface area contributed by atoms with Crippen molar-refractivity contribution >= 4 is 23.4 Å². The SMILES string of the molecule is CC(C)Oc1ccc(C(C)NC(=O)CNC(=O)c2cccc(Cl)c2)cc1. The van der Waals surface area contributed by atoms with Gasteiger partial charge < -0.3 is 15.4 Å². The summed E-state index contributed by atoms with van der Waals surface area (Å²) in [4.78, 5) is 24.1. The quantitative estimate of drug-likeness (QED) is 0.775. The Balaban J connectivity index is 1.84. The van der Waals surface area contributed by atoms with Crippen LogP contribution in [0.2, 0.25) is 5.02 Å². The van der Waals surface area contributed by atoms with Gasteiger partial charge in [0.2, 0.25) is 5.91 Å². The maximum Gasteiger partial charge on any atom is 0.251 e. The second-order valence-corrected chi connectivity index (χ2v) is 6.65. The molecule has 0 aliphatic carbocycles. The van der Waals surface area contributed by atoms with Gasteiger partial charge in [0, 0.05) is 10.6 Å². The van der Waals surface area contributed by atoms with Gasteiger partial charge >= 0.3 is 0 Å². The number of benzene rings is 2. The number of carbonyl (C=O) groups excluding carboxylic acids is 2. The Morgan fingerprint density at radius 1 is 1.08 bits per heavy atom. The van der Waals surface area contributed by atoms with E-state index >= 15 is 0 Å². The summed E-state index contributed by atoms with van der Waals surface area (Å²) >= 11 is 5.86. The highest BCUT2D eigenvalue weighted by Crippen LogP contribution is 2.18. The maximum absolute atomic E-state index is 12.1. The van der Waals surface area contributed by atoms with Gasteiger partial charge in [-0.25, -0.2) is 0 Å². The van der Waals surface area contributed by atoms with Crippen LogP contribution in [0, 0.1) is 0 Å². The summed E-state index contributed by atoms with van der Waals surface area (Å²) < 4.78 is 5.60. The Morgan fingerprint density at radius 2 is 1.77 bits per heavy atom. The first-order valence-electron chi connectivity index (χ1n) is 8.45. The molecule has 0 saturated heterocycles. The Labute approximate surface area is 158 Å². The molecule has 0 heterocycles. The van der Waals surface area contributed by atoms with Crippen LogP contribution in [0.3, 0.4) is 0 Å². The highest BCUT2D eigenvalue weighted by molar-refractivity contribution is 6.30. The Kier molecular flexibility index (Phi) is 7.04. The summed E-state index contributed by atoms with van der Waals surface area (Å²) in [5, 5.41) is 5.91. The van der Waals surface area contributed by atoms with Gasteiger partial charge in [0.05, 0.1) is 18.7 Å². The molecule has 1 atom stereocenters. The molecule has 0 saturated carbocycles. The number of ether oxygens (including phenoxy) is 1. The smallest absolute Gasteiger partial charge is 0.251 e. The van der Waals surface area contributed by atoms with E-state index in [0.717, 1.165) is 11.3 Å². The van der Waals surface area contributed by atoms with Gasteiger partial charge in [-0.2, -0.15) is 0 Å². The molecular formula is C20H23ClN2O3. The van der Waals surface area contributed by atoms with Gasteiger partial charge in [-0.1, -0.05) is 29.8 Å². The van der Waals surface area contributed by atoms with Crippen LogP contribution in [-0.2, 0) is 4.79 Å². The summed E-state index contributed by atoms with van der Waals surface area (Å²) in [5.41, 5.74) is 1.37. The normalized spacial score (nSPS) is 11.7. The molecule has 1 unspecified atom stereocenters. The molecule has 2 aromatic rings. The van der Waals surface area contributed by atoms with Crippen LogP contribution in [0.4, 0.5) is 0 Å². The molecule has 138 valence electrons. The Morgan fingerprint density at radius 3 is 2.38 bits per heavy atom. The summed E-state index contributed by atoms with van der Waals surface area (Å²) in [7, 11) is 0. The van der Waals surface area contributed by atoms with Gasteiger partial charge in [-0.15, -0.1) is 0 Å². The van der Waals surface area contributed by atoms with E-state index in [1.807, 2.05) is 45.0 Å². The molecule has 2 amide bonds. The molecule has 0 fully saturated rings. The third kappa shape index (κ3) is 6.08. The first-order valence-corrected chi connectivity index (χ1v) is 8.82. The molecule has 0 aliphatic heterocycles. The minimum absolute atomic E-state index is 0.107. The van der Waals surface area contributed by atoms with Gasteiger partial charge in [-0.05, 0) is 56.7 Å². The van der Waals surface area contributed by atoms with Crippen molar-refractivity contribution in [2.24, 2.45) is 0 Å². The molecule has 26 heavy (non-hydrogen) atoms. The van der Waals surface area contributed by atoms with Crippen LogP contribution < -0.4 is 15.4 Å². The number of amides is 2. The molecule has 6 heteroatoms. The monoisotopic (exact) mass is 374 g/mol. The molecule has 5 nitrogen and oxygen atoms in total. The average Bonchev–Trinajstić information content (AvgIpc) is 2.59. The topological polar surface area (TPSA) is 67.4 Å². The minimum Gasteiger partial charge on any atom is -0.491 e. The number of carbonyl (C=O) groups is 2. The van der Waals surface area contributed by atoms with E-state index in [1.165, 1.54) is 0 Å². The second-order valence-electron chi connectivity index (χ2n) is 6.22. The number of halogens is 1. The predicted molar refractivity (Wildman–Crippen MR) is 103 cm³/mol. The van der Waals surface area contributed by atoms with Crippen LogP contribution in [-0.4, -0.2) is 24.5 Å². The van der Waals surface area contributed by atoms with Crippen LogP contribution in [0.5, 0.6) is 5.75 Å². The maximum atomic E-state index is 12.1. The van der Waals surface area contributed by atoms with E-state index in [4.69, 9.17) is 16.3 Å². The van der Waals surface area contributed by atoms with Crippen molar-refractivity contribution in [3.05, 3.63) is 64.7 Å². The third-order valence-corrected chi connectivity index (χ3v) is 3.86. The zero-order chi connectivity index (χ0) is 19.1. The molecule has 0 aromatic heterocycles. The fraction of sp³-hybridized carbons (Fsp3) is 0.300. The number of hydrogen-bond acceptors (Lipinski definition) is 3. The molecule has 2 N–H and O–H groups in total. The lowest BCUT2D eigenvalue weighted by atomic mass is 10.1. The molecule has 2 aromatic carbocycles. The summed E-state index contributed by atoms with van der Waals surface area (Å²) in [5.74, 6) is 0.178. The number of hydrogen-bond donors (Lipinski definition) is 2. The predicted octanol–water partition coefficient (Wildman–Crippen LogP) is 3.73. The van der Waals surface area contributed by atoms with Crippen molar-refractivity contribution in [2.75, 3.05) is 6.54 Å². The zero-order valence-corrected chi connectivity index (χ0v) is 15.8. The highest BCUT2D eigenvalue weighted by atomic mass is 35.5. The lowest BCUT2D eigenvalue weighted by molar-refractivity contribution is -0.120.